The van der Waals surface area contributed by atoms with Crippen LogP contribution in [0.15, 0.2) is 40.8 Å². The molecule has 0 radical (unpaired) electrons. The van der Waals surface area contributed by atoms with Gasteiger partial charge in [-0.2, -0.15) is 0 Å². The molecular weight excluding hydrogens is 376 g/mol. The third kappa shape index (κ3) is 4.31. The molecule has 0 fully saturated rings. The first kappa shape index (κ1) is 20.2. The number of hydrogen-bond acceptors (Lipinski definition) is 8. The number of ether oxygens (including phenoxy) is 4. The fraction of sp³-hybridized carbons (Fsp3) is 0.286. The molecule has 0 unspecified atom stereocenters. The Labute approximate surface area is 168 Å². The summed E-state index contributed by atoms with van der Waals surface area (Å²) in [5, 5.41) is 8.03. The lowest BCUT2D eigenvalue weighted by Gasteiger charge is -2.15. The molecule has 1 heterocycles. The maximum atomic E-state index is 12.7. The minimum atomic E-state index is -0.757. The molecule has 1 aromatic heterocycles. The SMILES string of the molecule is COc1cc(OC)c(C(=O)O[C@H](C)c2nnc(-c3ccc(C)cc3)o2)cc1OC. The van der Waals surface area contributed by atoms with E-state index in [-0.39, 0.29) is 11.5 Å². The first-order chi connectivity index (χ1) is 14.0. The zero-order valence-corrected chi connectivity index (χ0v) is 16.9. The Balaban J connectivity index is 1.80. The lowest BCUT2D eigenvalue weighted by molar-refractivity contribution is 0.0276. The first-order valence-corrected chi connectivity index (χ1v) is 8.88. The molecule has 0 saturated heterocycles. The zero-order valence-electron chi connectivity index (χ0n) is 16.9. The predicted molar refractivity (Wildman–Crippen MR) is 104 cm³/mol. The quantitative estimate of drug-likeness (QED) is 0.552. The topological polar surface area (TPSA) is 92.9 Å². The van der Waals surface area contributed by atoms with Crippen molar-refractivity contribution in [3.8, 4) is 28.7 Å². The molecule has 1 atom stereocenters. The van der Waals surface area contributed by atoms with Crippen LogP contribution in [0.2, 0.25) is 0 Å². The molecule has 0 N–H and O–H groups in total. The molecule has 0 amide bonds. The fourth-order valence-electron chi connectivity index (χ4n) is 2.67. The molecule has 0 aliphatic heterocycles. The molecular formula is C21H22N2O6. The minimum Gasteiger partial charge on any atom is -0.496 e. The normalized spacial score (nSPS) is 11.6. The highest BCUT2D eigenvalue weighted by atomic mass is 16.6. The van der Waals surface area contributed by atoms with Gasteiger partial charge in [-0.3, -0.25) is 0 Å². The number of aromatic nitrogens is 2. The van der Waals surface area contributed by atoms with Crippen molar-refractivity contribution in [2.24, 2.45) is 0 Å². The van der Waals surface area contributed by atoms with E-state index in [1.54, 1.807) is 13.0 Å². The van der Waals surface area contributed by atoms with E-state index < -0.39 is 12.1 Å². The van der Waals surface area contributed by atoms with Gasteiger partial charge in [-0.25, -0.2) is 4.79 Å². The van der Waals surface area contributed by atoms with Gasteiger partial charge < -0.3 is 23.4 Å². The number of carbonyl (C=O) groups is 1. The summed E-state index contributed by atoms with van der Waals surface area (Å²) in [5.41, 5.74) is 2.10. The van der Waals surface area contributed by atoms with Gasteiger partial charge in [-0.1, -0.05) is 17.7 Å². The van der Waals surface area contributed by atoms with E-state index in [1.807, 2.05) is 31.2 Å². The molecule has 0 saturated carbocycles. The maximum absolute atomic E-state index is 12.7. The van der Waals surface area contributed by atoms with Gasteiger partial charge in [0.2, 0.25) is 5.89 Å². The number of benzene rings is 2. The molecule has 0 aliphatic carbocycles. The average Bonchev–Trinajstić information content (AvgIpc) is 3.23. The molecule has 29 heavy (non-hydrogen) atoms. The summed E-state index contributed by atoms with van der Waals surface area (Å²) in [4.78, 5) is 12.7. The largest absolute Gasteiger partial charge is 0.496 e. The highest BCUT2D eigenvalue weighted by Crippen LogP contribution is 2.35. The van der Waals surface area contributed by atoms with Crippen molar-refractivity contribution in [1.82, 2.24) is 10.2 Å². The number of methoxy groups -OCH3 is 3. The van der Waals surface area contributed by atoms with E-state index in [2.05, 4.69) is 10.2 Å². The molecule has 0 spiro atoms. The summed E-state index contributed by atoms with van der Waals surface area (Å²) in [6, 6.07) is 10.7. The van der Waals surface area contributed by atoms with Crippen molar-refractivity contribution in [2.45, 2.75) is 20.0 Å². The van der Waals surface area contributed by atoms with E-state index in [9.17, 15) is 4.79 Å². The predicted octanol–water partition coefficient (Wildman–Crippen LogP) is 3.99. The summed E-state index contributed by atoms with van der Waals surface area (Å²) in [7, 11) is 4.43. The van der Waals surface area contributed by atoms with Crippen molar-refractivity contribution >= 4 is 5.97 Å². The first-order valence-electron chi connectivity index (χ1n) is 8.88. The zero-order chi connectivity index (χ0) is 21.0. The summed E-state index contributed by atoms with van der Waals surface area (Å²) in [6.07, 6.45) is -0.757. The second-order valence-corrected chi connectivity index (χ2v) is 6.27. The molecule has 8 nitrogen and oxygen atoms in total. The van der Waals surface area contributed by atoms with Crippen molar-refractivity contribution in [3.63, 3.8) is 0 Å². The van der Waals surface area contributed by atoms with Crippen LogP contribution in [-0.4, -0.2) is 37.5 Å². The van der Waals surface area contributed by atoms with Crippen LogP contribution in [0.4, 0.5) is 0 Å². The van der Waals surface area contributed by atoms with Crippen LogP contribution in [-0.2, 0) is 4.74 Å². The Morgan fingerprint density at radius 2 is 1.55 bits per heavy atom. The van der Waals surface area contributed by atoms with Gasteiger partial charge >= 0.3 is 5.97 Å². The number of aryl methyl sites for hydroxylation is 1. The summed E-state index contributed by atoms with van der Waals surface area (Å²) in [6.45, 7) is 3.64. The summed E-state index contributed by atoms with van der Waals surface area (Å²) in [5.74, 6) is 1.04. The molecule has 8 heteroatoms. The van der Waals surface area contributed by atoms with Crippen LogP contribution in [0.1, 0.15) is 34.8 Å². The third-order valence-electron chi connectivity index (χ3n) is 4.30. The van der Waals surface area contributed by atoms with Crippen LogP contribution in [0.3, 0.4) is 0 Å². The second kappa shape index (κ2) is 8.64. The maximum Gasteiger partial charge on any atom is 0.342 e. The van der Waals surface area contributed by atoms with Crippen LogP contribution in [0.5, 0.6) is 17.2 Å². The molecule has 3 rings (SSSR count). The standard InChI is InChI=1S/C21H22N2O6/c1-12-6-8-14(9-7-12)20-23-22-19(29-20)13(2)28-21(24)15-10-17(26-4)18(27-5)11-16(15)25-3/h6-11,13H,1-5H3/t13-/m1/s1. The van der Waals surface area contributed by atoms with E-state index in [1.165, 1.54) is 27.4 Å². The third-order valence-corrected chi connectivity index (χ3v) is 4.30. The summed E-state index contributed by atoms with van der Waals surface area (Å²) < 4.78 is 26.9. The van der Waals surface area contributed by atoms with Crippen LogP contribution >= 0.6 is 0 Å². The van der Waals surface area contributed by atoms with Crippen molar-refractivity contribution in [1.29, 1.82) is 0 Å². The van der Waals surface area contributed by atoms with Gasteiger partial charge in [-0.15, -0.1) is 10.2 Å². The van der Waals surface area contributed by atoms with Gasteiger partial charge in [0.05, 0.1) is 21.3 Å². The van der Waals surface area contributed by atoms with Crippen LogP contribution in [0, 0.1) is 6.92 Å². The van der Waals surface area contributed by atoms with E-state index in [0.29, 0.717) is 23.1 Å². The summed E-state index contributed by atoms with van der Waals surface area (Å²) >= 11 is 0. The Hall–Kier alpha value is -3.55. The van der Waals surface area contributed by atoms with Gasteiger partial charge in [0.1, 0.15) is 11.3 Å². The van der Waals surface area contributed by atoms with Gasteiger partial charge in [0.25, 0.3) is 5.89 Å². The Morgan fingerprint density at radius 1 is 0.931 bits per heavy atom. The smallest absolute Gasteiger partial charge is 0.342 e. The lowest BCUT2D eigenvalue weighted by atomic mass is 10.1. The Morgan fingerprint density at radius 3 is 2.17 bits per heavy atom. The van der Waals surface area contributed by atoms with Crippen LogP contribution in [0.25, 0.3) is 11.5 Å². The van der Waals surface area contributed by atoms with E-state index >= 15 is 0 Å². The number of nitrogens with zero attached hydrogens (tertiary/aromatic N) is 2. The number of hydrogen-bond donors (Lipinski definition) is 0. The number of carbonyl (C=O) groups excluding carboxylic acids is 1. The highest BCUT2D eigenvalue weighted by molar-refractivity contribution is 5.93. The lowest BCUT2D eigenvalue weighted by Crippen LogP contribution is -2.11. The Bertz CT molecular complexity index is 997. The molecule has 152 valence electrons. The molecule has 0 aliphatic rings. The van der Waals surface area contributed by atoms with E-state index in [4.69, 9.17) is 23.4 Å². The van der Waals surface area contributed by atoms with Gasteiger partial charge in [0, 0.05) is 17.7 Å². The van der Waals surface area contributed by atoms with Crippen molar-refractivity contribution < 1.29 is 28.2 Å². The number of esters is 1. The monoisotopic (exact) mass is 398 g/mol. The minimum absolute atomic E-state index is 0.188. The highest BCUT2D eigenvalue weighted by Gasteiger charge is 2.24. The Kier molecular flexibility index (Phi) is 6.01. The van der Waals surface area contributed by atoms with Crippen LogP contribution < -0.4 is 14.2 Å². The van der Waals surface area contributed by atoms with E-state index in [0.717, 1.165) is 11.1 Å². The van der Waals surface area contributed by atoms with Crippen molar-refractivity contribution in [3.05, 3.63) is 53.4 Å². The molecule has 3 aromatic rings. The van der Waals surface area contributed by atoms with Crippen molar-refractivity contribution in [2.75, 3.05) is 21.3 Å². The second-order valence-electron chi connectivity index (χ2n) is 6.27. The molecule has 0 bridgehead atoms. The molecule has 2 aromatic carbocycles. The average molecular weight is 398 g/mol. The fourth-order valence-corrected chi connectivity index (χ4v) is 2.67. The van der Waals surface area contributed by atoms with Gasteiger partial charge in [0.15, 0.2) is 17.6 Å². The van der Waals surface area contributed by atoms with Gasteiger partial charge in [-0.05, 0) is 26.0 Å². The number of rotatable bonds is 7.